The molecule has 4 heteroatoms. The summed E-state index contributed by atoms with van der Waals surface area (Å²) in [7, 11) is 0. The van der Waals surface area contributed by atoms with Crippen LogP contribution in [0.3, 0.4) is 0 Å². The maximum Gasteiger partial charge on any atom is 0.280 e. The molecular formula is C15H15NO2S. The van der Waals surface area contributed by atoms with Crippen LogP contribution in [-0.2, 0) is 9.59 Å². The number of hydrogen-bond donors (Lipinski definition) is 0. The van der Waals surface area contributed by atoms with Crippen molar-refractivity contribution in [3.63, 3.8) is 0 Å². The van der Waals surface area contributed by atoms with E-state index in [4.69, 9.17) is 0 Å². The fourth-order valence-corrected chi connectivity index (χ4v) is 2.78. The zero-order chi connectivity index (χ0) is 14.0. The van der Waals surface area contributed by atoms with Gasteiger partial charge in [-0.1, -0.05) is 11.6 Å². The third-order valence-electron chi connectivity index (χ3n) is 2.94. The number of nitrogens with zero attached hydrogens (tertiary/aromatic N) is 1. The topological polar surface area (TPSA) is 46.5 Å². The van der Waals surface area contributed by atoms with Gasteiger partial charge in [-0.25, -0.2) is 4.99 Å². The van der Waals surface area contributed by atoms with E-state index in [2.05, 4.69) is 4.99 Å². The number of ketones is 1. The van der Waals surface area contributed by atoms with Crippen LogP contribution in [0.25, 0.3) is 6.08 Å². The molecule has 0 saturated heterocycles. The van der Waals surface area contributed by atoms with E-state index < -0.39 is 5.91 Å². The van der Waals surface area contributed by atoms with Gasteiger partial charge in [-0.05, 0) is 43.9 Å². The Kier molecular flexibility index (Phi) is 3.90. The van der Waals surface area contributed by atoms with Gasteiger partial charge in [0.15, 0.2) is 5.78 Å². The van der Waals surface area contributed by atoms with E-state index in [-0.39, 0.29) is 11.4 Å². The minimum absolute atomic E-state index is 0.216. The van der Waals surface area contributed by atoms with Crippen molar-refractivity contribution in [2.45, 2.75) is 27.2 Å². The quantitative estimate of drug-likeness (QED) is 0.625. The zero-order valence-corrected chi connectivity index (χ0v) is 12.0. The average molecular weight is 273 g/mol. The van der Waals surface area contributed by atoms with Crippen LogP contribution >= 0.6 is 11.3 Å². The van der Waals surface area contributed by atoms with Gasteiger partial charge in [0.2, 0.25) is 0 Å². The Bertz CT molecular complexity index is 619. The monoisotopic (exact) mass is 273 g/mol. The molecule has 2 heterocycles. The van der Waals surface area contributed by atoms with Gasteiger partial charge in [-0.15, -0.1) is 11.3 Å². The molecule has 1 aliphatic rings. The fourth-order valence-electron chi connectivity index (χ4n) is 2.06. The highest BCUT2D eigenvalue weighted by atomic mass is 32.1. The van der Waals surface area contributed by atoms with Crippen LogP contribution in [0.4, 0.5) is 0 Å². The first-order valence-electron chi connectivity index (χ1n) is 6.04. The smallest absolute Gasteiger partial charge is 0.280 e. The Labute approximate surface area is 116 Å². The molecule has 0 atom stereocenters. The minimum atomic E-state index is -0.412. The van der Waals surface area contributed by atoms with Gasteiger partial charge < -0.3 is 0 Å². The maximum absolute atomic E-state index is 12.3. The van der Waals surface area contributed by atoms with Gasteiger partial charge in [0.05, 0.1) is 5.57 Å². The molecule has 0 radical (unpaired) electrons. The molecule has 98 valence electrons. The van der Waals surface area contributed by atoms with E-state index in [1.54, 1.807) is 25.2 Å². The lowest BCUT2D eigenvalue weighted by atomic mass is 9.94. The summed E-state index contributed by atoms with van der Waals surface area (Å²) in [6.07, 6.45) is 2.41. The first-order chi connectivity index (χ1) is 8.99. The summed E-state index contributed by atoms with van der Waals surface area (Å²) in [4.78, 5) is 29.1. The van der Waals surface area contributed by atoms with Crippen molar-refractivity contribution in [1.29, 1.82) is 0 Å². The lowest BCUT2D eigenvalue weighted by molar-refractivity contribution is -0.119. The summed E-state index contributed by atoms with van der Waals surface area (Å²) in [5.41, 5.74) is 2.37. The van der Waals surface area contributed by atoms with Crippen LogP contribution < -0.4 is 0 Å². The molecule has 0 aromatic carbocycles. The number of thiophene rings is 1. The summed E-state index contributed by atoms with van der Waals surface area (Å²) >= 11 is 1.56. The third kappa shape index (κ3) is 2.96. The van der Waals surface area contributed by atoms with Gasteiger partial charge in [0.25, 0.3) is 5.91 Å². The molecule has 0 aliphatic carbocycles. The number of aliphatic imine (C=N–C) groups is 1. The van der Waals surface area contributed by atoms with Crippen molar-refractivity contribution in [3.8, 4) is 0 Å². The standard InChI is InChI=1S/C15H15NO2S/c1-9-7-11(3)16-15(18)13(9)14(17)10(2)8-12-5-4-6-19-12/h4-6,8H,7H2,1-3H3/b10-8+. The second kappa shape index (κ2) is 5.45. The van der Waals surface area contributed by atoms with Gasteiger partial charge in [0, 0.05) is 17.0 Å². The van der Waals surface area contributed by atoms with Crippen LogP contribution in [-0.4, -0.2) is 17.4 Å². The molecule has 0 spiro atoms. The molecule has 19 heavy (non-hydrogen) atoms. The largest absolute Gasteiger partial charge is 0.289 e. The van der Waals surface area contributed by atoms with Gasteiger partial charge in [-0.3, -0.25) is 9.59 Å². The normalized spacial score (nSPS) is 16.7. The molecule has 2 rings (SSSR count). The minimum Gasteiger partial charge on any atom is -0.289 e. The third-order valence-corrected chi connectivity index (χ3v) is 3.76. The van der Waals surface area contributed by atoms with Gasteiger partial charge >= 0.3 is 0 Å². The van der Waals surface area contributed by atoms with Crippen molar-refractivity contribution >= 4 is 34.8 Å². The summed E-state index contributed by atoms with van der Waals surface area (Å²) in [5.74, 6) is -0.627. The highest BCUT2D eigenvalue weighted by Gasteiger charge is 2.25. The van der Waals surface area contributed by atoms with Crippen molar-refractivity contribution in [2.24, 2.45) is 4.99 Å². The van der Waals surface area contributed by atoms with Crippen LogP contribution in [0.2, 0.25) is 0 Å². The Morgan fingerprint density at radius 3 is 2.74 bits per heavy atom. The predicted octanol–water partition coefficient (Wildman–Crippen LogP) is 3.43. The Balaban J connectivity index is 2.30. The highest BCUT2D eigenvalue weighted by molar-refractivity contribution is 7.10. The number of dihydropyridines is 1. The molecule has 0 bridgehead atoms. The van der Waals surface area contributed by atoms with E-state index >= 15 is 0 Å². The summed E-state index contributed by atoms with van der Waals surface area (Å²) in [5, 5.41) is 1.95. The van der Waals surface area contributed by atoms with E-state index in [9.17, 15) is 9.59 Å². The number of allylic oxidation sites excluding steroid dienone is 2. The average Bonchev–Trinajstić information content (AvgIpc) is 2.80. The second-order valence-electron chi connectivity index (χ2n) is 4.66. The summed E-state index contributed by atoms with van der Waals surface area (Å²) in [6.45, 7) is 5.36. The number of amides is 1. The molecule has 1 aromatic rings. The molecule has 0 saturated carbocycles. The van der Waals surface area contributed by atoms with Gasteiger partial charge in [0.1, 0.15) is 0 Å². The Morgan fingerprint density at radius 2 is 2.16 bits per heavy atom. The molecule has 0 N–H and O–H groups in total. The second-order valence-corrected chi connectivity index (χ2v) is 5.64. The number of rotatable bonds is 3. The lowest BCUT2D eigenvalue weighted by Crippen LogP contribution is -2.20. The van der Waals surface area contributed by atoms with Crippen LogP contribution in [0.5, 0.6) is 0 Å². The van der Waals surface area contributed by atoms with E-state index in [1.807, 2.05) is 30.5 Å². The van der Waals surface area contributed by atoms with Crippen molar-refractivity contribution < 1.29 is 9.59 Å². The molecule has 0 unspecified atom stereocenters. The number of carbonyl (C=O) groups is 2. The number of carbonyl (C=O) groups excluding carboxylic acids is 2. The zero-order valence-electron chi connectivity index (χ0n) is 11.2. The maximum atomic E-state index is 12.3. The van der Waals surface area contributed by atoms with Gasteiger partial charge in [-0.2, -0.15) is 0 Å². The lowest BCUT2D eigenvalue weighted by Gasteiger charge is -2.13. The van der Waals surface area contributed by atoms with Crippen LogP contribution in [0.1, 0.15) is 32.1 Å². The van der Waals surface area contributed by atoms with E-state index in [0.717, 1.165) is 16.2 Å². The molecular weight excluding hydrogens is 258 g/mol. The molecule has 1 amide bonds. The van der Waals surface area contributed by atoms with Crippen molar-refractivity contribution in [2.75, 3.05) is 0 Å². The first kappa shape index (κ1) is 13.6. The Hall–Kier alpha value is -1.81. The van der Waals surface area contributed by atoms with Crippen LogP contribution in [0, 0.1) is 0 Å². The molecule has 1 aromatic heterocycles. The number of Topliss-reactive ketones (excluding diaryl/α,β-unsaturated/α-hetero) is 1. The van der Waals surface area contributed by atoms with Crippen molar-refractivity contribution in [1.82, 2.24) is 0 Å². The fraction of sp³-hybridized carbons (Fsp3) is 0.267. The van der Waals surface area contributed by atoms with Crippen molar-refractivity contribution in [3.05, 3.63) is 39.1 Å². The highest BCUT2D eigenvalue weighted by Crippen LogP contribution is 2.22. The summed E-state index contributed by atoms with van der Waals surface area (Å²) < 4.78 is 0. The Morgan fingerprint density at radius 1 is 1.42 bits per heavy atom. The summed E-state index contributed by atoms with van der Waals surface area (Å²) in [6, 6.07) is 3.87. The van der Waals surface area contributed by atoms with E-state index in [0.29, 0.717) is 12.0 Å². The SMILES string of the molecule is CC1=NC(=O)C(C(=O)/C(C)=C/c2cccs2)=C(C)C1. The molecule has 3 nitrogen and oxygen atoms in total. The van der Waals surface area contributed by atoms with Crippen LogP contribution in [0.15, 0.2) is 39.2 Å². The van der Waals surface area contributed by atoms with E-state index in [1.165, 1.54) is 0 Å². The molecule has 0 fully saturated rings. The molecule has 1 aliphatic heterocycles. The predicted molar refractivity (Wildman–Crippen MR) is 78.4 cm³/mol. The first-order valence-corrected chi connectivity index (χ1v) is 6.91. The number of hydrogen-bond acceptors (Lipinski definition) is 3.